The molecule has 1 aliphatic carbocycles. The van der Waals surface area contributed by atoms with Crippen LogP contribution < -0.4 is 5.32 Å². The summed E-state index contributed by atoms with van der Waals surface area (Å²) < 4.78 is 0. The van der Waals surface area contributed by atoms with Gasteiger partial charge < -0.3 is 20.2 Å². The van der Waals surface area contributed by atoms with E-state index in [0.29, 0.717) is 18.8 Å². The van der Waals surface area contributed by atoms with Crippen molar-refractivity contribution in [3.63, 3.8) is 0 Å². The van der Waals surface area contributed by atoms with E-state index in [1.807, 2.05) is 7.05 Å². The lowest BCUT2D eigenvalue weighted by atomic mass is 9.90. The van der Waals surface area contributed by atoms with E-state index in [-0.39, 0.29) is 5.91 Å². The predicted molar refractivity (Wildman–Crippen MR) is 77.4 cm³/mol. The quantitative estimate of drug-likeness (QED) is 0.764. The van der Waals surface area contributed by atoms with Gasteiger partial charge in [0.15, 0.2) is 0 Å². The summed E-state index contributed by atoms with van der Waals surface area (Å²) in [6.07, 6.45) is 4.99. The summed E-state index contributed by atoms with van der Waals surface area (Å²) in [4.78, 5) is 16.9. The van der Waals surface area contributed by atoms with Crippen LogP contribution in [0.2, 0.25) is 0 Å². The molecule has 1 unspecified atom stereocenters. The Morgan fingerprint density at radius 3 is 2.60 bits per heavy atom. The Morgan fingerprint density at radius 1 is 1.25 bits per heavy atom. The molecule has 2 N–H and O–H groups in total. The third kappa shape index (κ3) is 3.15. The monoisotopic (exact) mass is 281 g/mol. The molecule has 2 heterocycles. The van der Waals surface area contributed by atoms with Crippen LogP contribution in [0.15, 0.2) is 0 Å². The van der Waals surface area contributed by atoms with Gasteiger partial charge in [0.05, 0.1) is 0 Å². The van der Waals surface area contributed by atoms with Gasteiger partial charge in [-0.2, -0.15) is 0 Å². The number of piperidine rings is 1. The van der Waals surface area contributed by atoms with E-state index in [1.54, 1.807) is 0 Å². The maximum absolute atomic E-state index is 12.2. The molecule has 20 heavy (non-hydrogen) atoms. The molecule has 1 amide bonds. The largest absolute Gasteiger partial charge is 0.380 e. The maximum atomic E-state index is 12.2. The summed E-state index contributed by atoms with van der Waals surface area (Å²) in [6.45, 7) is 4.61. The van der Waals surface area contributed by atoms with Crippen LogP contribution in [-0.2, 0) is 4.79 Å². The smallest absolute Gasteiger partial charge is 0.252 e. The standard InChI is InChI=1S/C15H27N3O2/c1-17-8-5-15(20,6-9-17)14(19)16-10-12-4-7-18(11-12)13-2-3-13/h12-13,20H,2-11H2,1H3,(H,16,19). The third-order valence-electron chi connectivity index (χ3n) is 5.17. The molecule has 3 aliphatic rings. The van der Waals surface area contributed by atoms with E-state index in [2.05, 4.69) is 15.1 Å². The van der Waals surface area contributed by atoms with Crippen molar-refractivity contribution in [1.29, 1.82) is 0 Å². The first-order valence-electron chi connectivity index (χ1n) is 8.00. The lowest BCUT2D eigenvalue weighted by Crippen LogP contribution is -2.53. The van der Waals surface area contributed by atoms with E-state index < -0.39 is 5.60 Å². The van der Waals surface area contributed by atoms with Crippen molar-refractivity contribution in [3.8, 4) is 0 Å². The molecule has 0 spiro atoms. The molecule has 0 aromatic rings. The summed E-state index contributed by atoms with van der Waals surface area (Å²) in [5, 5.41) is 13.4. The molecule has 3 fully saturated rings. The van der Waals surface area contributed by atoms with Gasteiger partial charge >= 0.3 is 0 Å². The zero-order valence-electron chi connectivity index (χ0n) is 12.5. The first-order valence-corrected chi connectivity index (χ1v) is 8.00. The molecule has 3 rings (SSSR count). The van der Waals surface area contributed by atoms with E-state index in [0.717, 1.165) is 32.2 Å². The van der Waals surface area contributed by atoms with Crippen LogP contribution in [0.25, 0.3) is 0 Å². The highest BCUT2D eigenvalue weighted by molar-refractivity contribution is 5.85. The summed E-state index contributed by atoms with van der Waals surface area (Å²) in [7, 11) is 2.03. The fourth-order valence-electron chi connectivity index (χ4n) is 3.42. The van der Waals surface area contributed by atoms with Gasteiger partial charge in [0, 0.05) is 32.2 Å². The highest BCUT2D eigenvalue weighted by Gasteiger charge is 2.39. The topological polar surface area (TPSA) is 55.8 Å². The Bertz CT molecular complexity index is 362. The molecule has 1 atom stereocenters. The minimum Gasteiger partial charge on any atom is -0.380 e. The van der Waals surface area contributed by atoms with Crippen LogP contribution in [0.3, 0.4) is 0 Å². The summed E-state index contributed by atoms with van der Waals surface area (Å²) in [5.41, 5.74) is -1.14. The molecule has 0 radical (unpaired) electrons. The number of nitrogens with zero attached hydrogens (tertiary/aromatic N) is 2. The van der Waals surface area contributed by atoms with Gasteiger partial charge in [-0.15, -0.1) is 0 Å². The van der Waals surface area contributed by atoms with Crippen molar-refractivity contribution in [2.75, 3.05) is 39.8 Å². The number of aliphatic hydroxyl groups is 1. The SMILES string of the molecule is CN1CCC(O)(C(=O)NCC2CCN(C3CC3)C2)CC1. The second-order valence-corrected chi connectivity index (χ2v) is 6.93. The van der Waals surface area contributed by atoms with Gasteiger partial charge in [-0.25, -0.2) is 0 Å². The minimum absolute atomic E-state index is 0.157. The number of hydrogen-bond acceptors (Lipinski definition) is 4. The van der Waals surface area contributed by atoms with Crippen LogP contribution in [0, 0.1) is 5.92 Å². The fraction of sp³-hybridized carbons (Fsp3) is 0.933. The van der Waals surface area contributed by atoms with Crippen LogP contribution in [0.1, 0.15) is 32.1 Å². The summed E-state index contributed by atoms with van der Waals surface area (Å²) in [5.74, 6) is 0.407. The number of carbonyl (C=O) groups is 1. The second-order valence-electron chi connectivity index (χ2n) is 6.93. The van der Waals surface area contributed by atoms with Crippen molar-refractivity contribution < 1.29 is 9.90 Å². The number of likely N-dealkylation sites (tertiary alicyclic amines) is 2. The lowest BCUT2D eigenvalue weighted by molar-refractivity contribution is -0.144. The summed E-state index contributed by atoms with van der Waals surface area (Å²) >= 11 is 0. The molecule has 2 aliphatic heterocycles. The Balaban J connectivity index is 1.42. The van der Waals surface area contributed by atoms with Crippen molar-refractivity contribution in [3.05, 3.63) is 0 Å². The fourth-order valence-corrected chi connectivity index (χ4v) is 3.42. The minimum atomic E-state index is -1.14. The molecule has 0 bridgehead atoms. The molecular weight excluding hydrogens is 254 g/mol. The average Bonchev–Trinajstić information content (AvgIpc) is 3.19. The van der Waals surface area contributed by atoms with Gasteiger partial charge in [0.1, 0.15) is 5.60 Å². The van der Waals surface area contributed by atoms with Crippen LogP contribution in [0.4, 0.5) is 0 Å². The van der Waals surface area contributed by atoms with Crippen molar-refractivity contribution in [2.45, 2.75) is 43.7 Å². The molecular formula is C15H27N3O2. The highest BCUT2D eigenvalue weighted by Crippen LogP contribution is 2.31. The Kier molecular flexibility index (Phi) is 4.02. The molecule has 0 aromatic carbocycles. The molecule has 114 valence electrons. The molecule has 1 saturated carbocycles. The van der Waals surface area contributed by atoms with Crippen LogP contribution >= 0.6 is 0 Å². The van der Waals surface area contributed by atoms with E-state index in [1.165, 1.54) is 25.8 Å². The van der Waals surface area contributed by atoms with Gasteiger partial charge in [-0.1, -0.05) is 0 Å². The Morgan fingerprint density at radius 2 is 1.95 bits per heavy atom. The molecule has 2 saturated heterocycles. The lowest BCUT2D eigenvalue weighted by Gasteiger charge is -2.35. The average molecular weight is 281 g/mol. The van der Waals surface area contributed by atoms with E-state index in [4.69, 9.17) is 0 Å². The number of hydrogen-bond donors (Lipinski definition) is 2. The normalized spacial score (nSPS) is 31.4. The zero-order chi connectivity index (χ0) is 14.2. The van der Waals surface area contributed by atoms with Gasteiger partial charge in [0.25, 0.3) is 5.91 Å². The predicted octanol–water partition coefficient (Wildman–Crippen LogP) is 0.0436. The van der Waals surface area contributed by atoms with Gasteiger partial charge in [0.2, 0.25) is 0 Å². The zero-order valence-corrected chi connectivity index (χ0v) is 12.5. The van der Waals surface area contributed by atoms with Crippen LogP contribution in [0.5, 0.6) is 0 Å². The van der Waals surface area contributed by atoms with E-state index in [9.17, 15) is 9.90 Å². The molecule has 5 heteroatoms. The number of carbonyl (C=O) groups excluding carboxylic acids is 1. The number of amides is 1. The van der Waals surface area contributed by atoms with Gasteiger partial charge in [-0.05, 0) is 51.6 Å². The molecule has 0 aromatic heterocycles. The maximum Gasteiger partial charge on any atom is 0.252 e. The van der Waals surface area contributed by atoms with Crippen molar-refractivity contribution >= 4 is 5.91 Å². The van der Waals surface area contributed by atoms with E-state index >= 15 is 0 Å². The first-order chi connectivity index (χ1) is 9.57. The first kappa shape index (κ1) is 14.3. The third-order valence-corrected chi connectivity index (χ3v) is 5.17. The Hall–Kier alpha value is -0.650. The van der Waals surface area contributed by atoms with Crippen molar-refractivity contribution in [2.24, 2.45) is 5.92 Å². The number of rotatable bonds is 4. The van der Waals surface area contributed by atoms with Gasteiger partial charge in [-0.3, -0.25) is 4.79 Å². The number of nitrogens with one attached hydrogen (secondary N) is 1. The Labute approximate surface area is 121 Å². The van der Waals surface area contributed by atoms with Crippen molar-refractivity contribution in [1.82, 2.24) is 15.1 Å². The summed E-state index contributed by atoms with van der Waals surface area (Å²) in [6, 6.07) is 0.828. The van der Waals surface area contributed by atoms with Crippen LogP contribution in [-0.4, -0.2) is 72.2 Å². The molecule has 5 nitrogen and oxygen atoms in total. The highest BCUT2D eigenvalue weighted by atomic mass is 16.3. The second kappa shape index (κ2) is 5.62.